The summed E-state index contributed by atoms with van der Waals surface area (Å²) < 4.78 is 0.791. The highest BCUT2D eigenvalue weighted by molar-refractivity contribution is 9.10. The highest BCUT2D eigenvalue weighted by Gasteiger charge is 2.34. The van der Waals surface area contributed by atoms with E-state index in [4.69, 9.17) is 0 Å². The smallest absolute Gasteiger partial charge is 0.244 e. The van der Waals surface area contributed by atoms with Gasteiger partial charge in [0.1, 0.15) is 10.6 Å². The van der Waals surface area contributed by atoms with Crippen molar-refractivity contribution in [2.45, 2.75) is 19.0 Å². The number of hydrogen-bond acceptors (Lipinski definition) is 5. The average molecular weight is 455 g/mol. The van der Waals surface area contributed by atoms with E-state index in [1.165, 1.54) is 5.56 Å². The molecule has 29 heavy (non-hydrogen) atoms. The summed E-state index contributed by atoms with van der Waals surface area (Å²) in [6.45, 7) is 4.87. The number of benzene rings is 1. The third-order valence-electron chi connectivity index (χ3n) is 5.91. The number of hydrogen-bond donors (Lipinski definition) is 2. The molecule has 0 saturated carbocycles. The van der Waals surface area contributed by atoms with Crippen LogP contribution in [0.2, 0.25) is 0 Å². The SMILES string of the molecule is O=C(C(c1ccccc1)N1CCNCC1)N1CCc2c(cnc3[nH]nc(Br)c23)C1. The predicted octanol–water partition coefficient (Wildman–Crippen LogP) is 2.25. The Morgan fingerprint density at radius 3 is 2.72 bits per heavy atom. The van der Waals surface area contributed by atoms with Gasteiger partial charge in [0.15, 0.2) is 5.65 Å². The minimum absolute atomic E-state index is 0.176. The number of carbonyl (C=O) groups is 1. The van der Waals surface area contributed by atoms with Crippen LogP contribution in [0.15, 0.2) is 41.1 Å². The summed E-state index contributed by atoms with van der Waals surface area (Å²) >= 11 is 3.52. The molecule has 1 unspecified atom stereocenters. The fourth-order valence-electron chi connectivity index (χ4n) is 4.45. The number of aromatic nitrogens is 3. The van der Waals surface area contributed by atoms with Crippen molar-refractivity contribution in [3.63, 3.8) is 0 Å². The molecule has 5 rings (SSSR count). The van der Waals surface area contributed by atoms with Crippen LogP contribution in [0.5, 0.6) is 0 Å². The van der Waals surface area contributed by atoms with Crippen molar-refractivity contribution in [3.8, 4) is 0 Å². The Bertz CT molecular complexity index is 1030. The van der Waals surface area contributed by atoms with Gasteiger partial charge in [-0.25, -0.2) is 4.98 Å². The van der Waals surface area contributed by atoms with Crippen LogP contribution in [-0.2, 0) is 17.8 Å². The van der Waals surface area contributed by atoms with E-state index in [0.29, 0.717) is 13.1 Å². The Labute approximate surface area is 177 Å². The Morgan fingerprint density at radius 2 is 1.93 bits per heavy atom. The lowest BCUT2D eigenvalue weighted by Crippen LogP contribution is -2.51. The van der Waals surface area contributed by atoms with Gasteiger partial charge in [0.2, 0.25) is 5.91 Å². The number of amides is 1. The van der Waals surface area contributed by atoms with E-state index in [0.717, 1.165) is 59.4 Å². The van der Waals surface area contributed by atoms with Gasteiger partial charge < -0.3 is 10.2 Å². The molecule has 1 aromatic carbocycles. The van der Waals surface area contributed by atoms with E-state index >= 15 is 0 Å². The number of aromatic amines is 1. The fraction of sp³-hybridized carbons (Fsp3) is 0.381. The van der Waals surface area contributed by atoms with E-state index in [2.05, 4.69) is 53.5 Å². The number of H-pyrrole nitrogens is 1. The maximum Gasteiger partial charge on any atom is 0.244 e. The van der Waals surface area contributed by atoms with Gasteiger partial charge in [-0.15, -0.1) is 0 Å². The van der Waals surface area contributed by atoms with Crippen molar-refractivity contribution in [2.75, 3.05) is 32.7 Å². The van der Waals surface area contributed by atoms with Gasteiger partial charge >= 0.3 is 0 Å². The standard InChI is InChI=1S/C21H23BrN6O/c22-19-17-16-6-9-28(13-15(16)12-24-20(17)26-25-19)21(29)18(14-4-2-1-3-5-14)27-10-7-23-8-11-27/h1-5,12,18,23H,6-11,13H2,(H,24,25,26). The first-order valence-electron chi connectivity index (χ1n) is 10.0. The third-order valence-corrected chi connectivity index (χ3v) is 6.49. The summed E-state index contributed by atoms with van der Waals surface area (Å²) in [5, 5.41) is 11.6. The molecule has 1 amide bonds. The summed E-state index contributed by atoms with van der Waals surface area (Å²) in [5.41, 5.74) is 4.19. The minimum atomic E-state index is -0.239. The summed E-state index contributed by atoms with van der Waals surface area (Å²) in [4.78, 5) is 22.5. The van der Waals surface area contributed by atoms with Gasteiger partial charge in [-0.1, -0.05) is 30.3 Å². The normalized spacial score (nSPS) is 18.6. The molecule has 4 heterocycles. The lowest BCUT2D eigenvalue weighted by molar-refractivity contribution is -0.138. The van der Waals surface area contributed by atoms with Gasteiger partial charge in [-0.05, 0) is 39.0 Å². The first-order valence-corrected chi connectivity index (χ1v) is 10.8. The molecule has 0 radical (unpaired) electrons. The first-order chi connectivity index (χ1) is 14.2. The first kappa shape index (κ1) is 18.7. The monoisotopic (exact) mass is 454 g/mol. The van der Waals surface area contributed by atoms with E-state index in [1.807, 2.05) is 29.3 Å². The Kier molecular flexibility index (Phi) is 5.07. The molecular formula is C21H23BrN6O. The van der Waals surface area contributed by atoms with Gasteiger partial charge in [0.25, 0.3) is 0 Å². The largest absolute Gasteiger partial charge is 0.336 e. The number of rotatable bonds is 3. The van der Waals surface area contributed by atoms with Crippen molar-refractivity contribution >= 4 is 32.9 Å². The molecule has 2 N–H and O–H groups in total. The quantitative estimate of drug-likeness (QED) is 0.634. The Hall–Kier alpha value is -2.29. The summed E-state index contributed by atoms with van der Waals surface area (Å²) in [7, 11) is 0. The van der Waals surface area contributed by atoms with Crippen molar-refractivity contribution < 1.29 is 4.79 Å². The Balaban J connectivity index is 1.45. The molecule has 7 nitrogen and oxygen atoms in total. The van der Waals surface area contributed by atoms with Crippen molar-refractivity contribution in [1.29, 1.82) is 0 Å². The fourth-order valence-corrected chi connectivity index (χ4v) is 4.97. The second-order valence-corrected chi connectivity index (χ2v) is 8.36. The minimum Gasteiger partial charge on any atom is -0.336 e. The van der Waals surface area contributed by atoms with Crippen LogP contribution in [0.25, 0.3) is 11.0 Å². The lowest BCUT2D eigenvalue weighted by atomic mass is 9.97. The van der Waals surface area contributed by atoms with Crippen LogP contribution >= 0.6 is 15.9 Å². The van der Waals surface area contributed by atoms with E-state index in [1.54, 1.807) is 0 Å². The van der Waals surface area contributed by atoms with Crippen molar-refractivity contribution in [2.24, 2.45) is 0 Å². The maximum atomic E-state index is 13.7. The zero-order valence-electron chi connectivity index (χ0n) is 16.1. The van der Waals surface area contributed by atoms with Gasteiger partial charge in [-0.3, -0.25) is 14.8 Å². The molecule has 1 atom stereocenters. The van der Waals surface area contributed by atoms with E-state index in [9.17, 15) is 4.79 Å². The molecule has 3 aromatic rings. The van der Waals surface area contributed by atoms with Crippen LogP contribution in [0.3, 0.4) is 0 Å². The number of nitrogens with zero attached hydrogens (tertiary/aromatic N) is 4. The van der Waals surface area contributed by atoms with Crippen molar-refractivity contribution in [1.82, 2.24) is 30.3 Å². The van der Waals surface area contributed by atoms with Gasteiger partial charge in [-0.2, -0.15) is 5.10 Å². The summed E-state index contributed by atoms with van der Waals surface area (Å²) in [6.07, 6.45) is 2.69. The van der Waals surface area contributed by atoms with Crippen LogP contribution < -0.4 is 5.32 Å². The van der Waals surface area contributed by atoms with Crippen LogP contribution in [0.4, 0.5) is 0 Å². The summed E-state index contributed by atoms with van der Waals surface area (Å²) in [6, 6.07) is 9.92. The molecule has 0 aliphatic carbocycles. The molecule has 0 spiro atoms. The number of fused-ring (bicyclic) bond motifs is 3. The molecule has 1 fully saturated rings. The highest BCUT2D eigenvalue weighted by Crippen LogP contribution is 2.32. The molecule has 1 saturated heterocycles. The number of piperazine rings is 1. The average Bonchev–Trinajstić information content (AvgIpc) is 3.16. The number of halogens is 1. The van der Waals surface area contributed by atoms with Gasteiger partial charge in [0.05, 0.1) is 5.39 Å². The lowest BCUT2D eigenvalue weighted by Gasteiger charge is -2.38. The van der Waals surface area contributed by atoms with Crippen molar-refractivity contribution in [3.05, 3.63) is 57.8 Å². The van der Waals surface area contributed by atoms with Crippen LogP contribution in [0, 0.1) is 0 Å². The molecule has 2 aliphatic rings. The van der Waals surface area contributed by atoms with Crippen LogP contribution in [0.1, 0.15) is 22.7 Å². The zero-order chi connectivity index (χ0) is 19.8. The maximum absolute atomic E-state index is 13.7. The van der Waals surface area contributed by atoms with E-state index in [-0.39, 0.29) is 11.9 Å². The highest BCUT2D eigenvalue weighted by atomic mass is 79.9. The molecule has 150 valence electrons. The zero-order valence-corrected chi connectivity index (χ0v) is 17.7. The molecule has 8 heteroatoms. The number of carbonyl (C=O) groups excluding carboxylic acids is 1. The van der Waals surface area contributed by atoms with Gasteiger partial charge in [0, 0.05) is 45.5 Å². The topological polar surface area (TPSA) is 77.2 Å². The molecule has 2 aliphatic heterocycles. The summed E-state index contributed by atoms with van der Waals surface area (Å²) in [5.74, 6) is 0.176. The molecule has 2 aromatic heterocycles. The Morgan fingerprint density at radius 1 is 1.14 bits per heavy atom. The van der Waals surface area contributed by atoms with Crippen LogP contribution in [-0.4, -0.2) is 63.6 Å². The molecule has 0 bridgehead atoms. The predicted molar refractivity (Wildman–Crippen MR) is 114 cm³/mol. The number of nitrogens with one attached hydrogen (secondary N) is 2. The van der Waals surface area contributed by atoms with E-state index < -0.39 is 0 Å². The second kappa shape index (κ2) is 7.85. The number of pyridine rings is 1. The third kappa shape index (κ3) is 3.45. The second-order valence-electron chi connectivity index (χ2n) is 7.61. The molecular weight excluding hydrogens is 432 g/mol.